The lowest BCUT2D eigenvalue weighted by Crippen LogP contribution is -2.37. The summed E-state index contributed by atoms with van der Waals surface area (Å²) >= 11 is 0. The fourth-order valence-corrected chi connectivity index (χ4v) is 3.98. The number of likely N-dealkylation sites (tertiary alicyclic amines) is 1. The van der Waals surface area contributed by atoms with E-state index in [4.69, 9.17) is 0 Å². The van der Waals surface area contributed by atoms with Crippen LogP contribution in [0.2, 0.25) is 0 Å². The Morgan fingerprint density at radius 2 is 1.81 bits per heavy atom. The number of hydrogen-bond acceptors (Lipinski definition) is 7. The molecule has 1 aliphatic rings. The number of aliphatic hydroxyl groups excluding tert-OH is 1. The van der Waals surface area contributed by atoms with Crippen LogP contribution in [0.5, 0.6) is 5.75 Å². The van der Waals surface area contributed by atoms with Gasteiger partial charge in [-0.2, -0.15) is 0 Å². The Bertz CT molecular complexity index is 1200. The second-order valence-electron chi connectivity index (χ2n) is 7.94. The monoisotopic (exact) mass is 435 g/mol. The summed E-state index contributed by atoms with van der Waals surface area (Å²) in [4.78, 5) is 38.7. The zero-order chi connectivity index (χ0) is 22.8. The van der Waals surface area contributed by atoms with Gasteiger partial charge < -0.3 is 25.7 Å². The molecule has 0 aromatic heterocycles. The molecule has 2 atom stereocenters. The van der Waals surface area contributed by atoms with Crippen molar-refractivity contribution in [2.45, 2.75) is 31.9 Å². The van der Waals surface area contributed by atoms with E-state index >= 15 is 0 Å². The van der Waals surface area contributed by atoms with Crippen molar-refractivity contribution in [3.05, 3.63) is 80.1 Å². The van der Waals surface area contributed by atoms with Crippen LogP contribution in [0, 0.1) is 0 Å². The van der Waals surface area contributed by atoms with Crippen LogP contribution in [0.15, 0.2) is 58.1 Å². The number of carbonyl (C=O) groups excluding carboxylic acids is 1. The number of amides is 1. The van der Waals surface area contributed by atoms with Crippen LogP contribution in [0.4, 0.5) is 17.1 Å². The Labute approximate surface area is 184 Å². The van der Waals surface area contributed by atoms with Crippen molar-refractivity contribution in [1.29, 1.82) is 0 Å². The number of hydrogen-bond donors (Lipinski definition) is 4. The van der Waals surface area contributed by atoms with Gasteiger partial charge >= 0.3 is 0 Å². The highest BCUT2D eigenvalue weighted by Gasteiger charge is 2.29. The SMILES string of the molecule is CC[C@@H](Nc1c(Nc2cccc(C(=O)N3CC[C@@H](O)C3)c2O)c(=O)c1=O)c1ccccc1. The zero-order valence-electron chi connectivity index (χ0n) is 17.7. The van der Waals surface area contributed by atoms with Gasteiger partial charge in [-0.05, 0) is 30.5 Å². The van der Waals surface area contributed by atoms with Gasteiger partial charge in [0.1, 0.15) is 11.4 Å². The van der Waals surface area contributed by atoms with Gasteiger partial charge in [0.25, 0.3) is 16.8 Å². The smallest absolute Gasteiger partial charge is 0.257 e. The number of aromatic hydroxyl groups is 1. The van der Waals surface area contributed by atoms with Crippen LogP contribution in [-0.2, 0) is 0 Å². The third kappa shape index (κ3) is 3.97. The third-order valence-electron chi connectivity index (χ3n) is 5.82. The van der Waals surface area contributed by atoms with Crippen LogP contribution >= 0.6 is 0 Å². The minimum absolute atomic E-state index is 0.0564. The molecule has 8 heteroatoms. The quantitative estimate of drug-likeness (QED) is 0.333. The zero-order valence-corrected chi connectivity index (χ0v) is 17.7. The lowest BCUT2D eigenvalue weighted by Gasteiger charge is -2.22. The van der Waals surface area contributed by atoms with Crippen LogP contribution in [0.1, 0.15) is 41.7 Å². The molecule has 1 amide bonds. The van der Waals surface area contributed by atoms with Gasteiger partial charge in [0.2, 0.25) is 0 Å². The molecule has 0 unspecified atom stereocenters. The molecule has 4 rings (SSSR count). The van der Waals surface area contributed by atoms with E-state index in [0.29, 0.717) is 19.4 Å². The maximum absolute atomic E-state index is 12.7. The molecule has 0 spiro atoms. The Kier molecular flexibility index (Phi) is 5.96. The van der Waals surface area contributed by atoms with Crippen molar-refractivity contribution < 1.29 is 15.0 Å². The summed E-state index contributed by atoms with van der Waals surface area (Å²) in [5.41, 5.74) is 0.100. The van der Waals surface area contributed by atoms with E-state index in [2.05, 4.69) is 10.6 Å². The van der Waals surface area contributed by atoms with Crippen molar-refractivity contribution in [1.82, 2.24) is 4.90 Å². The Morgan fingerprint density at radius 3 is 2.47 bits per heavy atom. The van der Waals surface area contributed by atoms with E-state index in [1.807, 2.05) is 37.3 Å². The molecule has 1 fully saturated rings. The number of rotatable bonds is 7. The Morgan fingerprint density at radius 1 is 1.09 bits per heavy atom. The summed E-state index contributed by atoms with van der Waals surface area (Å²) in [6.07, 6.45) is 0.609. The summed E-state index contributed by atoms with van der Waals surface area (Å²) in [6, 6.07) is 14.0. The Hall–Kier alpha value is -3.65. The van der Waals surface area contributed by atoms with Gasteiger partial charge in [-0.25, -0.2) is 0 Å². The Balaban J connectivity index is 1.58. The summed E-state index contributed by atoms with van der Waals surface area (Å²) in [5, 5.41) is 26.3. The van der Waals surface area contributed by atoms with Crippen LogP contribution in [0.25, 0.3) is 0 Å². The molecule has 0 radical (unpaired) electrons. The van der Waals surface area contributed by atoms with Gasteiger partial charge in [0.15, 0.2) is 5.75 Å². The van der Waals surface area contributed by atoms with E-state index in [0.717, 1.165) is 5.56 Å². The van der Waals surface area contributed by atoms with Gasteiger partial charge in [0, 0.05) is 13.1 Å². The molecule has 1 saturated heterocycles. The average Bonchev–Trinajstić information content (AvgIpc) is 3.25. The molecule has 1 aliphatic heterocycles. The maximum Gasteiger partial charge on any atom is 0.257 e. The van der Waals surface area contributed by atoms with Crippen molar-refractivity contribution in [2.75, 3.05) is 23.7 Å². The first-order chi connectivity index (χ1) is 15.4. The van der Waals surface area contributed by atoms with Gasteiger partial charge in [-0.15, -0.1) is 0 Å². The molecule has 1 heterocycles. The van der Waals surface area contributed by atoms with Crippen molar-refractivity contribution in [3.8, 4) is 5.75 Å². The number of carbonyl (C=O) groups is 1. The number of nitrogens with zero attached hydrogens (tertiary/aromatic N) is 1. The van der Waals surface area contributed by atoms with E-state index in [1.54, 1.807) is 6.07 Å². The van der Waals surface area contributed by atoms with Crippen LogP contribution < -0.4 is 21.5 Å². The number of β-amino-alcohol motifs (C(OH)–C–C–N with tert-alkyl or cyclic N) is 1. The van der Waals surface area contributed by atoms with E-state index < -0.39 is 22.9 Å². The highest BCUT2D eigenvalue weighted by atomic mass is 16.3. The summed E-state index contributed by atoms with van der Waals surface area (Å²) in [7, 11) is 0. The molecule has 3 aromatic carbocycles. The van der Waals surface area contributed by atoms with E-state index in [9.17, 15) is 24.6 Å². The predicted molar refractivity (Wildman–Crippen MR) is 122 cm³/mol. The van der Waals surface area contributed by atoms with Crippen molar-refractivity contribution in [3.63, 3.8) is 0 Å². The lowest BCUT2D eigenvalue weighted by atomic mass is 10.0. The highest BCUT2D eigenvalue weighted by molar-refractivity contribution is 5.99. The minimum Gasteiger partial charge on any atom is -0.505 e. The van der Waals surface area contributed by atoms with Gasteiger partial charge in [0.05, 0.1) is 23.4 Å². The number of aliphatic hydroxyl groups is 1. The minimum atomic E-state index is -0.686. The lowest BCUT2D eigenvalue weighted by molar-refractivity contribution is 0.0762. The van der Waals surface area contributed by atoms with E-state index in [-0.39, 0.29) is 41.0 Å². The largest absolute Gasteiger partial charge is 0.505 e. The number of phenols is 1. The predicted octanol–water partition coefficient (Wildman–Crippen LogP) is 2.50. The number of benzene rings is 2. The number of nitrogens with one attached hydrogen (secondary N) is 2. The fraction of sp³-hybridized carbons (Fsp3) is 0.292. The molecule has 0 saturated carbocycles. The highest BCUT2D eigenvalue weighted by Crippen LogP contribution is 2.33. The first-order valence-electron chi connectivity index (χ1n) is 10.6. The molecular formula is C24H25N3O5. The average molecular weight is 435 g/mol. The topological polar surface area (TPSA) is 119 Å². The molecule has 0 aliphatic carbocycles. The first kappa shape index (κ1) is 21.6. The normalized spacial score (nSPS) is 16.8. The number of anilines is 3. The summed E-state index contributed by atoms with van der Waals surface area (Å²) in [6.45, 7) is 2.58. The van der Waals surface area contributed by atoms with Crippen LogP contribution in [-0.4, -0.2) is 40.2 Å². The molecule has 4 N–H and O–H groups in total. The maximum atomic E-state index is 12.7. The van der Waals surface area contributed by atoms with Gasteiger partial charge in [-0.1, -0.05) is 43.3 Å². The standard InChI is InChI=1S/C24H25N3O5/c1-2-17(14-7-4-3-5-8-14)25-19-20(23(31)22(19)30)26-18-10-6-9-16(21(18)29)24(32)27-12-11-15(28)13-27/h3-10,15,17,25-26,28-29H,2,11-13H2,1H3/t15-,17-/m1/s1. The van der Waals surface area contributed by atoms with E-state index in [1.165, 1.54) is 17.0 Å². The second-order valence-corrected chi connectivity index (χ2v) is 7.94. The van der Waals surface area contributed by atoms with Gasteiger partial charge in [-0.3, -0.25) is 14.4 Å². The molecule has 166 valence electrons. The van der Waals surface area contributed by atoms with Crippen molar-refractivity contribution in [2.24, 2.45) is 0 Å². The molecule has 8 nitrogen and oxygen atoms in total. The van der Waals surface area contributed by atoms with Crippen LogP contribution in [0.3, 0.4) is 0 Å². The fourth-order valence-electron chi connectivity index (χ4n) is 3.98. The molecule has 32 heavy (non-hydrogen) atoms. The molecule has 0 bridgehead atoms. The number of para-hydroxylation sites is 1. The van der Waals surface area contributed by atoms with Crippen molar-refractivity contribution >= 4 is 23.0 Å². The summed E-state index contributed by atoms with van der Waals surface area (Å²) in [5.74, 6) is -0.714. The molecular weight excluding hydrogens is 410 g/mol. The number of phenolic OH excluding ortho intramolecular Hbond substituents is 1. The molecule has 3 aromatic rings. The first-order valence-corrected chi connectivity index (χ1v) is 10.6. The summed E-state index contributed by atoms with van der Waals surface area (Å²) < 4.78 is 0. The second kappa shape index (κ2) is 8.84. The third-order valence-corrected chi connectivity index (χ3v) is 5.82.